The number of aryl methyl sites for hydroxylation is 1. The second-order valence-corrected chi connectivity index (χ2v) is 5.15. The van der Waals surface area contributed by atoms with Gasteiger partial charge in [0.1, 0.15) is 6.61 Å². The van der Waals surface area contributed by atoms with Crippen LogP contribution in [-0.2, 0) is 29.7 Å². The van der Waals surface area contributed by atoms with Crippen molar-refractivity contribution in [2.24, 2.45) is 7.05 Å². The number of amides is 1. The van der Waals surface area contributed by atoms with E-state index in [-0.39, 0.29) is 12.5 Å². The quantitative estimate of drug-likeness (QED) is 0.702. The molecule has 0 spiro atoms. The highest BCUT2D eigenvalue weighted by molar-refractivity contribution is 5.77. The first kappa shape index (κ1) is 16.0. The lowest BCUT2D eigenvalue weighted by Gasteiger charge is -2.21. The first-order valence-corrected chi connectivity index (χ1v) is 7.31. The Kier molecular flexibility index (Phi) is 5.98. The van der Waals surface area contributed by atoms with Gasteiger partial charge in [-0.1, -0.05) is 36.4 Å². The lowest BCUT2D eigenvalue weighted by atomic mass is 10.2. The van der Waals surface area contributed by atoms with Crippen molar-refractivity contribution < 1.29 is 9.53 Å². The maximum absolute atomic E-state index is 12.3. The topological polar surface area (TPSA) is 34.5 Å². The molecule has 0 radical (unpaired) electrons. The van der Waals surface area contributed by atoms with Crippen LogP contribution in [0.2, 0.25) is 0 Å². The van der Waals surface area contributed by atoms with Crippen molar-refractivity contribution in [3.05, 3.63) is 72.6 Å². The fraction of sp³-hybridized carbons (Fsp3) is 0.278. The molecule has 1 aromatic heterocycles. The van der Waals surface area contributed by atoms with E-state index in [0.29, 0.717) is 19.7 Å². The summed E-state index contributed by atoms with van der Waals surface area (Å²) in [5.74, 6) is -0.0305. The number of hydrogen-bond donors (Lipinski definition) is 0. The van der Waals surface area contributed by atoms with Crippen LogP contribution in [0.25, 0.3) is 0 Å². The highest BCUT2D eigenvalue weighted by Crippen LogP contribution is 2.07. The zero-order chi connectivity index (χ0) is 15.8. The summed E-state index contributed by atoms with van der Waals surface area (Å²) < 4.78 is 7.53. The smallest absolute Gasteiger partial charge is 0.249 e. The van der Waals surface area contributed by atoms with E-state index in [1.807, 2.05) is 60.3 Å². The Morgan fingerprint density at radius 2 is 2.05 bits per heavy atom. The maximum atomic E-state index is 12.3. The fourth-order valence-corrected chi connectivity index (χ4v) is 2.19. The standard InChI is InChI=1S/C18H22N2O2/c1-3-11-20(13-17-10-7-12-19(17)2)18(21)15-22-14-16-8-5-4-6-9-16/h3-10,12H,1,11,13-15H2,2H3. The zero-order valence-electron chi connectivity index (χ0n) is 12.9. The van der Waals surface area contributed by atoms with Gasteiger partial charge in [-0.2, -0.15) is 0 Å². The number of nitrogens with zero attached hydrogens (tertiary/aromatic N) is 2. The lowest BCUT2D eigenvalue weighted by Crippen LogP contribution is -2.34. The summed E-state index contributed by atoms with van der Waals surface area (Å²) in [6, 6.07) is 13.8. The molecule has 116 valence electrons. The van der Waals surface area contributed by atoms with Crippen LogP contribution in [0.4, 0.5) is 0 Å². The van der Waals surface area contributed by atoms with Gasteiger partial charge in [-0.3, -0.25) is 4.79 Å². The summed E-state index contributed by atoms with van der Waals surface area (Å²) in [6.45, 7) is 5.31. The SMILES string of the molecule is C=CCN(Cc1cccn1C)C(=O)COCc1ccccc1. The molecule has 0 saturated heterocycles. The average Bonchev–Trinajstić information content (AvgIpc) is 2.93. The van der Waals surface area contributed by atoms with Crippen LogP contribution in [0.3, 0.4) is 0 Å². The summed E-state index contributed by atoms with van der Waals surface area (Å²) in [6.07, 6.45) is 3.70. The van der Waals surface area contributed by atoms with Crippen molar-refractivity contribution in [2.75, 3.05) is 13.2 Å². The van der Waals surface area contributed by atoms with Crippen molar-refractivity contribution in [3.63, 3.8) is 0 Å². The first-order chi connectivity index (χ1) is 10.7. The molecule has 4 nitrogen and oxygen atoms in total. The molecule has 0 atom stereocenters. The first-order valence-electron chi connectivity index (χ1n) is 7.31. The molecule has 1 amide bonds. The number of hydrogen-bond acceptors (Lipinski definition) is 2. The Labute approximate surface area is 131 Å². The monoisotopic (exact) mass is 298 g/mol. The maximum Gasteiger partial charge on any atom is 0.249 e. The van der Waals surface area contributed by atoms with Crippen molar-refractivity contribution >= 4 is 5.91 Å². The third-order valence-corrected chi connectivity index (χ3v) is 3.44. The van der Waals surface area contributed by atoms with Crippen molar-refractivity contribution in [2.45, 2.75) is 13.2 Å². The molecule has 0 N–H and O–H groups in total. The highest BCUT2D eigenvalue weighted by atomic mass is 16.5. The summed E-state index contributed by atoms with van der Waals surface area (Å²) >= 11 is 0. The lowest BCUT2D eigenvalue weighted by molar-refractivity contribution is -0.136. The molecule has 2 aromatic rings. The molecule has 0 fully saturated rings. The summed E-state index contributed by atoms with van der Waals surface area (Å²) in [7, 11) is 1.97. The van der Waals surface area contributed by atoms with E-state index in [1.54, 1.807) is 11.0 Å². The Bertz CT molecular complexity index is 605. The van der Waals surface area contributed by atoms with Gasteiger partial charge in [0.15, 0.2) is 0 Å². The molecule has 2 rings (SSSR count). The number of carbonyl (C=O) groups excluding carboxylic acids is 1. The Hall–Kier alpha value is -2.33. The van der Waals surface area contributed by atoms with Gasteiger partial charge >= 0.3 is 0 Å². The van der Waals surface area contributed by atoms with Gasteiger partial charge in [0.2, 0.25) is 5.91 Å². The molecule has 0 aliphatic heterocycles. The molecule has 4 heteroatoms. The normalized spacial score (nSPS) is 10.4. The van der Waals surface area contributed by atoms with Gasteiger partial charge in [0.05, 0.1) is 13.2 Å². The van der Waals surface area contributed by atoms with Crippen LogP contribution in [0.15, 0.2) is 61.3 Å². The van der Waals surface area contributed by atoms with Crippen LogP contribution in [0.1, 0.15) is 11.3 Å². The van der Waals surface area contributed by atoms with Crippen LogP contribution in [0, 0.1) is 0 Å². The van der Waals surface area contributed by atoms with Crippen LogP contribution < -0.4 is 0 Å². The van der Waals surface area contributed by atoms with Gasteiger partial charge in [-0.05, 0) is 17.7 Å². The highest BCUT2D eigenvalue weighted by Gasteiger charge is 2.14. The molecular weight excluding hydrogens is 276 g/mol. The minimum absolute atomic E-state index is 0.0305. The van der Waals surface area contributed by atoms with E-state index >= 15 is 0 Å². The van der Waals surface area contributed by atoms with Gasteiger partial charge < -0.3 is 14.2 Å². The Morgan fingerprint density at radius 1 is 1.27 bits per heavy atom. The fourth-order valence-electron chi connectivity index (χ4n) is 2.19. The average molecular weight is 298 g/mol. The van der Waals surface area contributed by atoms with E-state index in [1.165, 1.54) is 0 Å². The predicted octanol–water partition coefficient (Wildman–Crippen LogP) is 2.76. The van der Waals surface area contributed by atoms with Crippen molar-refractivity contribution in [1.82, 2.24) is 9.47 Å². The number of benzene rings is 1. The minimum Gasteiger partial charge on any atom is -0.367 e. The van der Waals surface area contributed by atoms with E-state index in [2.05, 4.69) is 6.58 Å². The number of carbonyl (C=O) groups is 1. The summed E-state index contributed by atoms with van der Waals surface area (Å²) in [5, 5.41) is 0. The third kappa shape index (κ3) is 4.60. The molecule has 0 saturated carbocycles. The van der Waals surface area contributed by atoms with Gasteiger partial charge in [-0.25, -0.2) is 0 Å². The second-order valence-electron chi connectivity index (χ2n) is 5.15. The third-order valence-electron chi connectivity index (χ3n) is 3.44. The van der Waals surface area contributed by atoms with E-state index in [0.717, 1.165) is 11.3 Å². The summed E-state index contributed by atoms with van der Waals surface area (Å²) in [4.78, 5) is 14.0. The molecule has 1 heterocycles. The van der Waals surface area contributed by atoms with Crippen molar-refractivity contribution in [3.8, 4) is 0 Å². The zero-order valence-corrected chi connectivity index (χ0v) is 12.9. The van der Waals surface area contributed by atoms with Crippen molar-refractivity contribution in [1.29, 1.82) is 0 Å². The Morgan fingerprint density at radius 3 is 2.68 bits per heavy atom. The molecule has 22 heavy (non-hydrogen) atoms. The van der Waals surface area contributed by atoms with Crippen LogP contribution in [-0.4, -0.2) is 28.5 Å². The summed E-state index contributed by atoms with van der Waals surface area (Å²) in [5.41, 5.74) is 2.14. The van der Waals surface area contributed by atoms with Gasteiger partial charge in [-0.15, -0.1) is 6.58 Å². The Balaban J connectivity index is 1.86. The van der Waals surface area contributed by atoms with E-state index in [4.69, 9.17) is 4.74 Å². The molecule has 1 aromatic carbocycles. The predicted molar refractivity (Wildman–Crippen MR) is 87.1 cm³/mol. The largest absolute Gasteiger partial charge is 0.367 e. The molecular formula is C18H22N2O2. The van der Waals surface area contributed by atoms with Crippen LogP contribution >= 0.6 is 0 Å². The second kappa shape index (κ2) is 8.20. The number of aromatic nitrogens is 1. The van der Waals surface area contributed by atoms with Gasteiger partial charge in [0.25, 0.3) is 0 Å². The molecule has 0 bridgehead atoms. The molecule has 0 aliphatic rings. The minimum atomic E-state index is -0.0305. The number of ether oxygens (including phenoxy) is 1. The van der Waals surface area contributed by atoms with E-state index < -0.39 is 0 Å². The van der Waals surface area contributed by atoms with E-state index in [9.17, 15) is 4.79 Å². The van der Waals surface area contributed by atoms with Crippen LogP contribution in [0.5, 0.6) is 0 Å². The van der Waals surface area contributed by atoms with Gasteiger partial charge in [0, 0.05) is 25.5 Å². The molecule has 0 aliphatic carbocycles. The number of rotatable bonds is 8. The molecule has 0 unspecified atom stereocenters.